The number of urea groups is 1. The van der Waals surface area contributed by atoms with Gasteiger partial charge in [-0.1, -0.05) is 81.7 Å². The molecule has 4 atom stereocenters. The molecule has 14 heteroatoms. The third-order valence-corrected chi connectivity index (χ3v) is 10.5. The Labute approximate surface area is 288 Å². The summed E-state index contributed by atoms with van der Waals surface area (Å²) in [6, 6.07) is 16.8. The maximum atomic E-state index is 14.2. The van der Waals surface area contributed by atoms with Gasteiger partial charge in [0.2, 0.25) is 15.9 Å². The van der Waals surface area contributed by atoms with E-state index in [4.69, 9.17) is 5.21 Å². The summed E-state index contributed by atoms with van der Waals surface area (Å²) in [4.78, 5) is 31.1. The van der Waals surface area contributed by atoms with E-state index in [9.17, 15) is 23.1 Å². The number of nitrogens with one attached hydrogen (secondary N) is 1. The minimum absolute atomic E-state index is 0.0227. The fourth-order valence-electron chi connectivity index (χ4n) is 5.92. The Balaban J connectivity index is 1.59. The Bertz CT molecular complexity index is 1640. The highest BCUT2D eigenvalue weighted by molar-refractivity contribution is 7.89. The quantitative estimate of drug-likeness (QED) is 0.110. The third-order valence-electron chi connectivity index (χ3n) is 8.67. The van der Waals surface area contributed by atoms with Gasteiger partial charge in [-0.05, 0) is 53.6 Å². The maximum Gasteiger partial charge on any atom is 0.321 e. The second-order valence-corrected chi connectivity index (χ2v) is 14.8. The molecule has 0 aliphatic carbocycles. The summed E-state index contributed by atoms with van der Waals surface area (Å²) in [6.45, 7) is 8.53. The number of nitrogens with zero attached hydrogens (tertiary/aromatic N) is 6. The molecule has 3 N–H and O–H groups in total. The van der Waals surface area contributed by atoms with Crippen molar-refractivity contribution in [3.05, 3.63) is 89.7 Å². The zero-order valence-corrected chi connectivity index (χ0v) is 29.3. The van der Waals surface area contributed by atoms with Gasteiger partial charge in [0.05, 0.1) is 35.5 Å². The van der Waals surface area contributed by atoms with E-state index >= 15 is 0 Å². The van der Waals surface area contributed by atoms with E-state index in [-0.39, 0.29) is 48.8 Å². The van der Waals surface area contributed by atoms with Crippen molar-refractivity contribution in [3.63, 3.8) is 0 Å². The van der Waals surface area contributed by atoms with E-state index in [0.717, 1.165) is 5.56 Å². The average molecular weight is 694 g/mol. The molecular weight excluding hydrogens is 646 g/mol. The third kappa shape index (κ3) is 9.83. The fraction of sp³-hybridized carbons (Fsp3) is 0.457. The maximum absolute atomic E-state index is 14.2. The number of rotatable bonds is 17. The molecule has 1 aliphatic heterocycles. The topological polar surface area (TPSA) is 169 Å². The zero-order chi connectivity index (χ0) is 35.6. The minimum Gasteiger partial charge on any atom is -0.411 e. The second kappa shape index (κ2) is 17.3. The molecule has 1 aromatic heterocycles. The van der Waals surface area contributed by atoms with Gasteiger partial charge in [-0.15, -0.1) is 0 Å². The largest absolute Gasteiger partial charge is 0.411 e. The van der Waals surface area contributed by atoms with Crippen molar-refractivity contribution in [3.8, 4) is 0 Å². The Morgan fingerprint density at radius 2 is 1.76 bits per heavy atom. The zero-order valence-electron chi connectivity index (χ0n) is 28.5. The molecule has 13 nitrogen and oxygen atoms in total. The van der Waals surface area contributed by atoms with Crippen molar-refractivity contribution in [2.24, 2.45) is 17.0 Å². The number of oxime groups is 1. The molecule has 2 heterocycles. The molecule has 1 saturated heterocycles. The van der Waals surface area contributed by atoms with Crippen LogP contribution in [0.5, 0.6) is 0 Å². The first-order chi connectivity index (χ1) is 23.4. The Morgan fingerprint density at radius 3 is 2.37 bits per heavy atom. The van der Waals surface area contributed by atoms with Gasteiger partial charge in [0, 0.05) is 32.4 Å². The minimum atomic E-state index is -4.06. The summed E-state index contributed by atoms with van der Waals surface area (Å²) in [6.07, 6.45) is 2.33. The number of hydrogen-bond acceptors (Lipinski definition) is 9. The van der Waals surface area contributed by atoms with Gasteiger partial charge in [-0.2, -0.15) is 14.5 Å². The summed E-state index contributed by atoms with van der Waals surface area (Å²) in [5.74, 6) is -0.680. The van der Waals surface area contributed by atoms with Gasteiger partial charge in [0.15, 0.2) is 0 Å². The Hall–Kier alpha value is -4.40. The monoisotopic (exact) mass is 693 g/mol. The predicted molar refractivity (Wildman–Crippen MR) is 185 cm³/mol. The van der Waals surface area contributed by atoms with Gasteiger partial charge in [0.25, 0.3) is 0 Å². The number of carbonyl (C=O) groups is 2. The van der Waals surface area contributed by atoms with Crippen molar-refractivity contribution < 1.29 is 28.3 Å². The molecule has 3 amide bonds. The van der Waals surface area contributed by atoms with Crippen LogP contribution in [0.3, 0.4) is 0 Å². The van der Waals surface area contributed by atoms with Crippen LogP contribution in [0.2, 0.25) is 0 Å². The van der Waals surface area contributed by atoms with Crippen molar-refractivity contribution in [2.75, 3.05) is 26.2 Å². The highest BCUT2D eigenvalue weighted by Crippen LogP contribution is 2.24. The molecular formula is C35H47N7O6S. The number of aliphatic hydroxyl groups is 1. The van der Waals surface area contributed by atoms with Crippen LogP contribution in [-0.2, 0) is 27.8 Å². The number of amides is 3. The number of carbonyl (C=O) groups excluding carboxylic acids is 2. The number of aliphatic hydroxyl groups excluding tert-OH is 1. The second-order valence-electron chi connectivity index (χ2n) is 12.8. The lowest BCUT2D eigenvalue weighted by Gasteiger charge is -2.35. The molecule has 1 aliphatic rings. The first kappa shape index (κ1) is 37.4. The average Bonchev–Trinajstić information content (AvgIpc) is 3.43. The highest BCUT2D eigenvalue weighted by Gasteiger charge is 2.41. The number of sulfonamides is 1. The van der Waals surface area contributed by atoms with E-state index in [0.29, 0.717) is 30.8 Å². The van der Waals surface area contributed by atoms with Crippen molar-refractivity contribution in [1.82, 2.24) is 29.6 Å². The van der Waals surface area contributed by atoms with Crippen LogP contribution in [0, 0.1) is 11.8 Å². The SMILES string of the molecule is CCC(C)C(C(=O)N[C@@H](Cc1ccccc1)[C@H](O)CN(CC(C)C)S(=O)(=O)c1ccc(/C=N/O)cc1)N1CCN(Cc2cccnn2)C1=O. The molecule has 264 valence electrons. The van der Waals surface area contributed by atoms with E-state index in [1.165, 1.54) is 34.8 Å². The van der Waals surface area contributed by atoms with E-state index < -0.39 is 34.1 Å². The lowest BCUT2D eigenvalue weighted by Crippen LogP contribution is -2.57. The van der Waals surface area contributed by atoms with Crippen LogP contribution >= 0.6 is 0 Å². The molecule has 2 unspecified atom stereocenters. The molecule has 0 bridgehead atoms. The van der Waals surface area contributed by atoms with E-state index in [2.05, 4.69) is 20.7 Å². The van der Waals surface area contributed by atoms with Crippen LogP contribution in [0.25, 0.3) is 0 Å². The van der Waals surface area contributed by atoms with Crippen molar-refractivity contribution >= 4 is 28.2 Å². The number of benzene rings is 2. The van der Waals surface area contributed by atoms with E-state index in [1.54, 1.807) is 28.1 Å². The lowest BCUT2D eigenvalue weighted by atomic mass is 9.95. The van der Waals surface area contributed by atoms with Gasteiger partial charge in [0.1, 0.15) is 6.04 Å². The van der Waals surface area contributed by atoms with Gasteiger partial charge in [-0.25, -0.2) is 13.2 Å². The molecule has 0 radical (unpaired) electrons. The van der Waals surface area contributed by atoms with Crippen LogP contribution < -0.4 is 5.32 Å². The van der Waals surface area contributed by atoms with Crippen LogP contribution in [-0.4, -0.2) is 106 Å². The molecule has 3 aromatic rings. The summed E-state index contributed by atoms with van der Waals surface area (Å²) >= 11 is 0. The summed E-state index contributed by atoms with van der Waals surface area (Å²) < 4.78 is 29.0. The van der Waals surface area contributed by atoms with Gasteiger partial charge in [-0.3, -0.25) is 4.79 Å². The predicted octanol–water partition coefficient (Wildman–Crippen LogP) is 3.37. The molecule has 4 rings (SSSR count). The summed E-state index contributed by atoms with van der Waals surface area (Å²) in [5.41, 5.74) is 2.01. The first-order valence-corrected chi connectivity index (χ1v) is 18.0. The molecule has 0 saturated carbocycles. The van der Waals surface area contributed by atoms with Crippen LogP contribution in [0.1, 0.15) is 50.9 Å². The normalized spacial score (nSPS) is 16.3. The molecule has 2 aromatic carbocycles. The number of hydrogen-bond donors (Lipinski definition) is 3. The van der Waals surface area contributed by atoms with Crippen LogP contribution in [0.15, 0.2) is 83.0 Å². The first-order valence-electron chi connectivity index (χ1n) is 16.6. The Morgan fingerprint density at radius 1 is 1.04 bits per heavy atom. The standard InChI is InChI=1S/C35H47N7O6S/c1-5-26(4)33(42-19-18-40(35(42)45)23-29-12-9-17-36-39-29)34(44)38-31(20-27-10-7-6-8-11-27)32(43)24-41(22-25(2)3)49(47,48)30-15-13-28(14-16-30)21-37-46/h6-17,21,25-26,31-33,43,46H,5,18-20,22-24H2,1-4H3,(H,38,44)/b37-21+/t26?,31-,32+,33?/m0/s1. The molecule has 49 heavy (non-hydrogen) atoms. The smallest absolute Gasteiger partial charge is 0.321 e. The van der Waals surface area contributed by atoms with Crippen molar-refractivity contribution in [2.45, 2.75) is 70.2 Å². The number of aromatic nitrogens is 2. The summed E-state index contributed by atoms with van der Waals surface area (Å²) in [7, 11) is -4.06. The highest BCUT2D eigenvalue weighted by atomic mass is 32.2. The Kier molecular flexibility index (Phi) is 13.2. The van der Waals surface area contributed by atoms with E-state index in [1.807, 2.05) is 58.0 Å². The van der Waals surface area contributed by atoms with Gasteiger partial charge >= 0.3 is 6.03 Å². The van der Waals surface area contributed by atoms with Crippen LogP contribution in [0.4, 0.5) is 4.79 Å². The molecule has 0 spiro atoms. The van der Waals surface area contributed by atoms with Gasteiger partial charge < -0.3 is 25.4 Å². The molecule has 1 fully saturated rings. The summed E-state index contributed by atoms with van der Waals surface area (Å²) in [5, 5.41) is 34.6. The van der Waals surface area contributed by atoms with Crippen molar-refractivity contribution in [1.29, 1.82) is 0 Å². The lowest BCUT2D eigenvalue weighted by molar-refractivity contribution is -0.128. The fourth-order valence-corrected chi connectivity index (χ4v) is 7.55.